The van der Waals surface area contributed by atoms with Crippen molar-refractivity contribution in [3.63, 3.8) is 0 Å². The van der Waals surface area contributed by atoms with Crippen molar-refractivity contribution in [2.24, 2.45) is 0 Å². The Morgan fingerprint density at radius 2 is 0.840 bits per heavy atom. The molecule has 0 aliphatic rings. The Labute approximate surface area is 296 Å². The maximum absolute atomic E-state index is 5.29. The first kappa shape index (κ1) is 29.0. The van der Waals surface area contributed by atoms with Crippen molar-refractivity contribution in [2.45, 2.75) is 0 Å². The Morgan fingerprint density at radius 3 is 1.58 bits per heavy atom. The van der Waals surface area contributed by atoms with E-state index in [1.165, 1.54) is 45.9 Å². The molecule has 0 saturated heterocycles. The van der Waals surface area contributed by atoms with Crippen molar-refractivity contribution < 1.29 is 0 Å². The molecule has 5 heteroatoms. The Kier molecular flexibility index (Phi) is 6.86. The molecule has 0 fully saturated rings. The van der Waals surface area contributed by atoms with E-state index in [1.807, 2.05) is 59.1 Å². The van der Waals surface area contributed by atoms with Crippen LogP contribution in [0.2, 0.25) is 0 Å². The fourth-order valence-electron chi connectivity index (χ4n) is 7.07. The number of aromatic nitrogens is 3. The average Bonchev–Trinajstić information content (AvgIpc) is 3.76. The van der Waals surface area contributed by atoms with Gasteiger partial charge in [-0.1, -0.05) is 133 Å². The van der Waals surface area contributed by atoms with Gasteiger partial charge in [-0.25, -0.2) is 15.0 Å². The van der Waals surface area contributed by atoms with Gasteiger partial charge in [-0.3, -0.25) is 0 Å². The highest BCUT2D eigenvalue weighted by molar-refractivity contribution is 7.26. The van der Waals surface area contributed by atoms with Gasteiger partial charge in [0.15, 0.2) is 17.5 Å². The lowest BCUT2D eigenvalue weighted by atomic mass is 9.89. The molecule has 0 unspecified atom stereocenters. The standard InChI is InChI=1S/C45H27N3S2/c1-3-13-28(14-4-1)43-46-44(29-15-5-2-6-16-29)48-45(47-43)42-31(30-25-26-39-36(27-30)32-17-7-9-22-37(32)49-39)19-11-20-34(42)33-21-12-24-40-41(33)35-18-8-10-23-38(35)50-40/h1-27H. The van der Waals surface area contributed by atoms with Crippen LogP contribution in [-0.4, -0.2) is 15.0 Å². The summed E-state index contributed by atoms with van der Waals surface area (Å²) in [6.45, 7) is 0. The Morgan fingerprint density at radius 1 is 0.320 bits per heavy atom. The van der Waals surface area contributed by atoms with Crippen LogP contribution in [0.25, 0.3) is 96.8 Å². The van der Waals surface area contributed by atoms with Crippen molar-refractivity contribution in [3.05, 3.63) is 164 Å². The average molecular weight is 674 g/mol. The normalized spacial score (nSPS) is 11.6. The number of hydrogen-bond acceptors (Lipinski definition) is 5. The van der Waals surface area contributed by atoms with Crippen molar-refractivity contribution in [1.29, 1.82) is 0 Å². The lowest BCUT2D eigenvalue weighted by Gasteiger charge is -2.17. The number of thiophene rings is 2. The van der Waals surface area contributed by atoms with Gasteiger partial charge in [0.1, 0.15) is 0 Å². The summed E-state index contributed by atoms with van der Waals surface area (Å²) in [6.07, 6.45) is 0. The predicted octanol–water partition coefficient (Wildman–Crippen LogP) is 12.9. The van der Waals surface area contributed by atoms with Crippen LogP contribution in [0, 0.1) is 0 Å². The fraction of sp³-hybridized carbons (Fsp3) is 0. The molecule has 3 aromatic heterocycles. The molecule has 0 spiro atoms. The minimum absolute atomic E-state index is 0.647. The minimum atomic E-state index is 0.647. The maximum Gasteiger partial charge on any atom is 0.165 e. The predicted molar refractivity (Wildman–Crippen MR) is 213 cm³/mol. The summed E-state index contributed by atoms with van der Waals surface area (Å²) in [5.74, 6) is 1.94. The smallest absolute Gasteiger partial charge is 0.165 e. The van der Waals surface area contributed by atoms with Gasteiger partial charge in [0.25, 0.3) is 0 Å². The largest absolute Gasteiger partial charge is 0.208 e. The number of benzene rings is 7. The van der Waals surface area contributed by atoms with E-state index >= 15 is 0 Å². The number of hydrogen-bond donors (Lipinski definition) is 0. The second-order valence-corrected chi connectivity index (χ2v) is 14.5. The highest BCUT2D eigenvalue weighted by Crippen LogP contribution is 2.46. The van der Waals surface area contributed by atoms with E-state index in [1.54, 1.807) is 0 Å². The van der Waals surface area contributed by atoms with Gasteiger partial charge in [-0.2, -0.15) is 0 Å². The molecule has 0 atom stereocenters. The summed E-state index contributed by atoms with van der Waals surface area (Å²) in [6, 6.07) is 57.9. The zero-order valence-electron chi connectivity index (χ0n) is 26.7. The lowest BCUT2D eigenvalue weighted by Crippen LogP contribution is -2.02. The molecule has 0 aliphatic carbocycles. The molecule has 10 aromatic rings. The van der Waals surface area contributed by atoms with Crippen molar-refractivity contribution in [3.8, 4) is 56.4 Å². The Bertz CT molecular complexity index is 2810. The van der Waals surface area contributed by atoms with Gasteiger partial charge in [-0.15, -0.1) is 22.7 Å². The molecule has 0 aliphatic heterocycles. The molecule has 0 bridgehead atoms. The third-order valence-corrected chi connectivity index (χ3v) is 11.7. The zero-order valence-corrected chi connectivity index (χ0v) is 28.4. The molecule has 0 amide bonds. The van der Waals surface area contributed by atoms with Gasteiger partial charge < -0.3 is 0 Å². The van der Waals surface area contributed by atoms with Crippen LogP contribution >= 0.6 is 22.7 Å². The van der Waals surface area contributed by atoms with Crippen molar-refractivity contribution in [2.75, 3.05) is 0 Å². The summed E-state index contributed by atoms with van der Waals surface area (Å²) in [4.78, 5) is 15.6. The van der Waals surface area contributed by atoms with E-state index in [0.717, 1.165) is 33.4 Å². The van der Waals surface area contributed by atoms with E-state index in [-0.39, 0.29) is 0 Å². The number of fused-ring (bicyclic) bond motifs is 6. The lowest BCUT2D eigenvalue weighted by molar-refractivity contribution is 1.07. The monoisotopic (exact) mass is 673 g/mol. The van der Waals surface area contributed by atoms with Crippen LogP contribution in [0.15, 0.2) is 164 Å². The third-order valence-electron chi connectivity index (χ3n) is 9.37. The first-order valence-electron chi connectivity index (χ1n) is 16.6. The molecule has 0 radical (unpaired) electrons. The number of nitrogens with zero attached hydrogens (tertiary/aromatic N) is 3. The Balaban J connectivity index is 1.31. The molecule has 234 valence electrons. The first-order chi connectivity index (χ1) is 24.8. The highest BCUT2D eigenvalue weighted by Gasteiger charge is 2.22. The summed E-state index contributed by atoms with van der Waals surface area (Å²) in [5.41, 5.74) is 7.36. The van der Waals surface area contributed by atoms with E-state index in [9.17, 15) is 0 Å². The second kappa shape index (κ2) is 11.8. The molecule has 0 N–H and O–H groups in total. The fourth-order valence-corrected chi connectivity index (χ4v) is 9.29. The molecule has 0 saturated carbocycles. The quantitative estimate of drug-likeness (QED) is 0.182. The third kappa shape index (κ3) is 4.82. The second-order valence-electron chi connectivity index (χ2n) is 12.4. The van der Waals surface area contributed by atoms with Gasteiger partial charge in [0.2, 0.25) is 0 Å². The summed E-state index contributed by atoms with van der Waals surface area (Å²) in [7, 11) is 0. The highest BCUT2D eigenvalue weighted by atomic mass is 32.1. The van der Waals surface area contributed by atoms with Crippen LogP contribution in [-0.2, 0) is 0 Å². The minimum Gasteiger partial charge on any atom is -0.208 e. The van der Waals surface area contributed by atoms with Crippen LogP contribution in [0.5, 0.6) is 0 Å². The van der Waals surface area contributed by atoms with Crippen LogP contribution in [0.1, 0.15) is 0 Å². The van der Waals surface area contributed by atoms with E-state index < -0.39 is 0 Å². The summed E-state index contributed by atoms with van der Waals surface area (Å²) in [5, 5.41) is 5.05. The van der Waals surface area contributed by atoms with Crippen molar-refractivity contribution in [1.82, 2.24) is 15.0 Å². The number of rotatable bonds is 5. The Hall–Kier alpha value is -6.01. The zero-order chi connectivity index (χ0) is 33.0. The van der Waals surface area contributed by atoms with E-state index in [4.69, 9.17) is 15.0 Å². The molecular formula is C45H27N3S2. The van der Waals surface area contributed by atoms with E-state index in [0.29, 0.717) is 17.5 Å². The van der Waals surface area contributed by atoms with Gasteiger partial charge in [-0.05, 0) is 52.6 Å². The van der Waals surface area contributed by atoms with Crippen LogP contribution in [0.4, 0.5) is 0 Å². The SMILES string of the molecule is c1ccc(-c2nc(-c3ccccc3)nc(-c3c(-c4ccc5sc6ccccc6c5c4)cccc3-c3cccc4sc5ccccc5c34)n2)cc1. The first-order valence-corrected chi connectivity index (χ1v) is 18.2. The van der Waals surface area contributed by atoms with Crippen molar-refractivity contribution >= 4 is 63.0 Å². The van der Waals surface area contributed by atoms with Gasteiger partial charge in [0.05, 0.1) is 0 Å². The van der Waals surface area contributed by atoms with Crippen LogP contribution < -0.4 is 0 Å². The summed E-state index contributed by atoms with van der Waals surface area (Å²) >= 11 is 3.67. The summed E-state index contributed by atoms with van der Waals surface area (Å²) < 4.78 is 5.11. The van der Waals surface area contributed by atoms with Gasteiger partial charge in [0, 0.05) is 57.0 Å². The topological polar surface area (TPSA) is 38.7 Å². The molecular weight excluding hydrogens is 647 g/mol. The molecule has 3 nitrogen and oxygen atoms in total. The van der Waals surface area contributed by atoms with E-state index in [2.05, 4.69) is 127 Å². The van der Waals surface area contributed by atoms with Crippen LogP contribution in [0.3, 0.4) is 0 Å². The van der Waals surface area contributed by atoms with Gasteiger partial charge >= 0.3 is 0 Å². The molecule has 3 heterocycles. The maximum atomic E-state index is 5.29. The molecule has 10 rings (SSSR count). The molecule has 50 heavy (non-hydrogen) atoms. The molecule has 7 aromatic carbocycles.